The lowest BCUT2D eigenvalue weighted by molar-refractivity contribution is 0.568. The average Bonchev–Trinajstić information content (AvgIpc) is 2.75. The zero-order valence-electron chi connectivity index (χ0n) is 7.90. The van der Waals surface area contributed by atoms with E-state index in [-0.39, 0.29) is 0 Å². The van der Waals surface area contributed by atoms with Crippen LogP contribution in [-0.2, 0) is 0 Å². The van der Waals surface area contributed by atoms with Gasteiger partial charge in [-0.25, -0.2) is 0 Å². The van der Waals surface area contributed by atoms with E-state index in [9.17, 15) is 0 Å². The van der Waals surface area contributed by atoms with Crippen LogP contribution in [0.2, 0.25) is 0 Å². The van der Waals surface area contributed by atoms with Gasteiger partial charge in [0.15, 0.2) is 0 Å². The number of rotatable bonds is 1. The topological polar surface area (TPSA) is 26.0 Å². The van der Waals surface area contributed by atoms with Crippen molar-refractivity contribution in [2.75, 3.05) is 0 Å². The van der Waals surface area contributed by atoms with Gasteiger partial charge in [0.25, 0.3) is 0 Å². The lowest BCUT2D eigenvalue weighted by Crippen LogP contribution is -1.76. The molecule has 0 N–H and O–H groups in total. The molecule has 2 heterocycles. The van der Waals surface area contributed by atoms with Gasteiger partial charge in [-0.1, -0.05) is 19.9 Å². The first-order chi connectivity index (χ1) is 6.47. The lowest BCUT2D eigenvalue weighted by Gasteiger charge is -1.91. The van der Waals surface area contributed by atoms with Crippen LogP contribution in [0.1, 0.15) is 13.8 Å². The van der Waals surface area contributed by atoms with Crippen LogP contribution in [-0.4, -0.2) is 4.98 Å². The van der Waals surface area contributed by atoms with Crippen molar-refractivity contribution >= 4 is 0 Å². The van der Waals surface area contributed by atoms with Crippen LogP contribution < -0.4 is 0 Å². The van der Waals surface area contributed by atoms with E-state index < -0.39 is 0 Å². The van der Waals surface area contributed by atoms with Crippen molar-refractivity contribution in [2.45, 2.75) is 13.8 Å². The molecule has 0 aliphatic carbocycles. The summed E-state index contributed by atoms with van der Waals surface area (Å²) < 4.78 is 4.93. The molecule has 0 unspecified atom stereocenters. The van der Waals surface area contributed by atoms with Crippen LogP contribution in [0.4, 0.5) is 0 Å². The molecule has 0 radical (unpaired) electrons. The van der Waals surface area contributed by atoms with Crippen molar-refractivity contribution in [3.05, 3.63) is 43.0 Å². The average molecular weight is 175 g/mol. The van der Waals surface area contributed by atoms with Crippen molar-refractivity contribution in [3.8, 4) is 11.3 Å². The van der Waals surface area contributed by atoms with Crippen LogP contribution >= 0.6 is 0 Å². The highest BCUT2D eigenvalue weighted by Gasteiger charge is 1.96. The lowest BCUT2D eigenvalue weighted by atomic mass is 10.2. The van der Waals surface area contributed by atoms with Crippen LogP contribution in [0.25, 0.3) is 11.3 Å². The van der Waals surface area contributed by atoms with Gasteiger partial charge in [-0.3, -0.25) is 4.98 Å². The van der Waals surface area contributed by atoms with Crippen molar-refractivity contribution < 1.29 is 4.42 Å². The molecule has 2 rings (SSSR count). The number of aromatic nitrogens is 1. The fourth-order valence-corrected chi connectivity index (χ4v) is 0.944. The molecule has 0 bridgehead atoms. The second-order valence-corrected chi connectivity index (χ2v) is 2.23. The van der Waals surface area contributed by atoms with Gasteiger partial charge >= 0.3 is 0 Å². The standard InChI is InChI=1S/C9H7NO.C2H6/c1-2-5-10-9(3-1)8-4-6-11-7-8;1-2/h1-7H;1-2H3. The third kappa shape index (κ3) is 2.44. The predicted molar refractivity (Wildman–Crippen MR) is 53.3 cm³/mol. The third-order valence-corrected chi connectivity index (χ3v) is 1.48. The van der Waals surface area contributed by atoms with Gasteiger partial charge in [0.1, 0.15) is 0 Å². The van der Waals surface area contributed by atoms with E-state index in [4.69, 9.17) is 4.42 Å². The summed E-state index contributed by atoms with van der Waals surface area (Å²) in [5.41, 5.74) is 1.96. The number of furan rings is 1. The Hall–Kier alpha value is -1.57. The molecule has 0 saturated heterocycles. The highest BCUT2D eigenvalue weighted by atomic mass is 16.3. The molecule has 0 aliphatic heterocycles. The fraction of sp³-hybridized carbons (Fsp3) is 0.182. The van der Waals surface area contributed by atoms with Crippen LogP contribution in [0.3, 0.4) is 0 Å². The predicted octanol–water partition coefficient (Wildman–Crippen LogP) is 3.37. The maximum atomic E-state index is 4.93. The normalized spacial score (nSPS) is 8.77. The summed E-state index contributed by atoms with van der Waals surface area (Å²) in [4.78, 5) is 4.16. The van der Waals surface area contributed by atoms with E-state index in [0.717, 1.165) is 11.3 Å². The first-order valence-corrected chi connectivity index (χ1v) is 4.40. The number of nitrogens with zero attached hydrogens (tertiary/aromatic N) is 1. The molecule has 2 aromatic rings. The van der Waals surface area contributed by atoms with Gasteiger partial charge < -0.3 is 4.42 Å². The summed E-state index contributed by atoms with van der Waals surface area (Å²) in [6.07, 6.45) is 5.09. The SMILES string of the molecule is CC.c1ccc(-c2ccoc2)nc1. The minimum absolute atomic E-state index is 0.946. The molecule has 2 heteroatoms. The Balaban J connectivity index is 0.000000396. The van der Waals surface area contributed by atoms with E-state index in [2.05, 4.69) is 4.98 Å². The van der Waals surface area contributed by atoms with E-state index >= 15 is 0 Å². The van der Waals surface area contributed by atoms with Crippen LogP contribution in [0.15, 0.2) is 47.4 Å². The Bertz CT molecular complexity index is 313. The smallest absolute Gasteiger partial charge is 0.0996 e. The summed E-state index contributed by atoms with van der Waals surface area (Å²) in [5, 5.41) is 0. The maximum absolute atomic E-state index is 4.93. The highest BCUT2D eigenvalue weighted by molar-refractivity contribution is 5.56. The Kier molecular flexibility index (Phi) is 3.76. The highest BCUT2D eigenvalue weighted by Crippen LogP contribution is 2.15. The van der Waals surface area contributed by atoms with Gasteiger partial charge in [-0.15, -0.1) is 0 Å². The third-order valence-electron chi connectivity index (χ3n) is 1.48. The monoisotopic (exact) mass is 175 g/mol. The Morgan fingerprint density at radius 2 is 2.00 bits per heavy atom. The first kappa shape index (κ1) is 9.52. The molecule has 0 aromatic carbocycles. The number of hydrogen-bond donors (Lipinski definition) is 0. The van der Waals surface area contributed by atoms with E-state index in [0.29, 0.717) is 0 Å². The van der Waals surface area contributed by atoms with Gasteiger partial charge in [0.2, 0.25) is 0 Å². The molecular formula is C11H13NO. The van der Waals surface area contributed by atoms with E-state index in [1.165, 1.54) is 0 Å². The Labute approximate surface area is 78.2 Å². The quantitative estimate of drug-likeness (QED) is 0.664. The van der Waals surface area contributed by atoms with Crippen molar-refractivity contribution in [1.82, 2.24) is 4.98 Å². The van der Waals surface area contributed by atoms with Gasteiger partial charge in [-0.2, -0.15) is 0 Å². The summed E-state index contributed by atoms with van der Waals surface area (Å²) >= 11 is 0. The summed E-state index contributed by atoms with van der Waals surface area (Å²) in [6, 6.07) is 7.69. The first-order valence-electron chi connectivity index (χ1n) is 4.40. The zero-order chi connectivity index (χ0) is 9.52. The molecule has 0 atom stereocenters. The van der Waals surface area contributed by atoms with Crippen LogP contribution in [0.5, 0.6) is 0 Å². The molecule has 13 heavy (non-hydrogen) atoms. The molecular weight excluding hydrogens is 162 g/mol. The second-order valence-electron chi connectivity index (χ2n) is 2.23. The van der Waals surface area contributed by atoms with Crippen LogP contribution in [0, 0.1) is 0 Å². The fourth-order valence-electron chi connectivity index (χ4n) is 0.944. The van der Waals surface area contributed by atoms with Crippen molar-refractivity contribution in [1.29, 1.82) is 0 Å². The Morgan fingerprint density at radius 3 is 2.54 bits per heavy atom. The molecule has 0 spiro atoms. The summed E-state index contributed by atoms with van der Waals surface area (Å²) in [7, 11) is 0. The maximum Gasteiger partial charge on any atom is 0.0996 e. The molecule has 0 fully saturated rings. The molecule has 0 aliphatic rings. The molecule has 0 amide bonds. The largest absolute Gasteiger partial charge is 0.472 e. The second kappa shape index (κ2) is 5.14. The number of hydrogen-bond acceptors (Lipinski definition) is 2. The van der Waals surface area contributed by atoms with Gasteiger partial charge in [0, 0.05) is 11.8 Å². The van der Waals surface area contributed by atoms with Crippen molar-refractivity contribution in [3.63, 3.8) is 0 Å². The molecule has 0 saturated carbocycles. The Morgan fingerprint density at radius 1 is 1.15 bits per heavy atom. The molecule has 2 nitrogen and oxygen atoms in total. The summed E-state index contributed by atoms with van der Waals surface area (Å²) in [5.74, 6) is 0. The number of pyridine rings is 1. The van der Waals surface area contributed by atoms with E-state index in [1.807, 2.05) is 38.1 Å². The molecule has 2 aromatic heterocycles. The van der Waals surface area contributed by atoms with Gasteiger partial charge in [0.05, 0.1) is 18.2 Å². The zero-order valence-corrected chi connectivity index (χ0v) is 7.90. The van der Waals surface area contributed by atoms with E-state index in [1.54, 1.807) is 18.7 Å². The minimum atomic E-state index is 0.946. The molecule has 68 valence electrons. The summed E-state index contributed by atoms with van der Waals surface area (Å²) in [6.45, 7) is 4.00. The van der Waals surface area contributed by atoms with Crippen molar-refractivity contribution in [2.24, 2.45) is 0 Å². The van der Waals surface area contributed by atoms with Gasteiger partial charge in [-0.05, 0) is 18.2 Å². The minimum Gasteiger partial charge on any atom is -0.472 e.